The smallest absolute Gasteiger partial charge is 0.162 e. The quantitative estimate of drug-likeness (QED) is 0.737. The van der Waals surface area contributed by atoms with Crippen LogP contribution in [0.15, 0.2) is 54.9 Å². The summed E-state index contributed by atoms with van der Waals surface area (Å²) >= 11 is 0. The average molecular weight is 265 g/mol. The van der Waals surface area contributed by atoms with E-state index in [0.717, 1.165) is 16.8 Å². The molecular formula is C15H15N5. The predicted molar refractivity (Wildman–Crippen MR) is 77.1 cm³/mol. The molecule has 0 aliphatic heterocycles. The number of rotatable bonds is 3. The van der Waals surface area contributed by atoms with Crippen LogP contribution in [-0.2, 0) is 0 Å². The van der Waals surface area contributed by atoms with Crippen molar-refractivity contribution < 1.29 is 0 Å². The van der Waals surface area contributed by atoms with Gasteiger partial charge in [0, 0.05) is 5.69 Å². The largest absolute Gasteiger partial charge is 0.399 e. The number of tetrazole rings is 1. The van der Waals surface area contributed by atoms with E-state index >= 15 is 0 Å². The second-order valence-corrected chi connectivity index (χ2v) is 4.74. The number of benzene rings is 2. The molecule has 0 aliphatic rings. The van der Waals surface area contributed by atoms with Crippen molar-refractivity contribution in [2.75, 3.05) is 5.73 Å². The Labute approximate surface area is 117 Å². The fraction of sp³-hybridized carbons (Fsp3) is 0.133. The van der Waals surface area contributed by atoms with Crippen molar-refractivity contribution in [3.05, 3.63) is 71.5 Å². The molecule has 1 heterocycles. The monoisotopic (exact) mass is 265 g/mol. The molecule has 5 heteroatoms. The molecule has 0 bridgehead atoms. The topological polar surface area (TPSA) is 69.6 Å². The second-order valence-electron chi connectivity index (χ2n) is 4.74. The SMILES string of the molecule is Cc1ccc(C(c2ccc(N)cc2)n2ncnn2)cc1. The highest BCUT2D eigenvalue weighted by molar-refractivity contribution is 5.42. The number of anilines is 1. The first kappa shape index (κ1) is 12.3. The number of nitrogens with zero attached hydrogens (tertiary/aromatic N) is 4. The molecule has 0 radical (unpaired) electrons. The number of hydrogen-bond donors (Lipinski definition) is 1. The van der Waals surface area contributed by atoms with E-state index in [4.69, 9.17) is 5.73 Å². The highest BCUT2D eigenvalue weighted by atomic mass is 15.6. The Morgan fingerprint density at radius 3 is 2.10 bits per heavy atom. The molecule has 1 unspecified atom stereocenters. The summed E-state index contributed by atoms with van der Waals surface area (Å²) in [5.41, 5.74) is 9.89. The lowest BCUT2D eigenvalue weighted by Crippen LogP contribution is -2.15. The Morgan fingerprint density at radius 1 is 0.950 bits per heavy atom. The van der Waals surface area contributed by atoms with E-state index < -0.39 is 0 Å². The van der Waals surface area contributed by atoms with Crippen LogP contribution in [0.5, 0.6) is 0 Å². The van der Waals surface area contributed by atoms with Gasteiger partial charge in [-0.3, -0.25) is 0 Å². The molecule has 1 aromatic heterocycles. The van der Waals surface area contributed by atoms with E-state index in [1.807, 2.05) is 24.3 Å². The predicted octanol–water partition coefficient (Wildman–Crippen LogP) is 2.20. The van der Waals surface area contributed by atoms with Gasteiger partial charge in [0.1, 0.15) is 6.04 Å². The molecule has 100 valence electrons. The zero-order valence-corrected chi connectivity index (χ0v) is 11.1. The van der Waals surface area contributed by atoms with Crippen molar-refractivity contribution in [2.24, 2.45) is 0 Å². The maximum Gasteiger partial charge on any atom is 0.162 e. The Kier molecular flexibility index (Phi) is 3.16. The molecule has 0 amide bonds. The van der Waals surface area contributed by atoms with Gasteiger partial charge in [0.25, 0.3) is 0 Å². The van der Waals surface area contributed by atoms with Crippen molar-refractivity contribution in [3.8, 4) is 0 Å². The van der Waals surface area contributed by atoms with Gasteiger partial charge in [-0.15, -0.1) is 10.2 Å². The molecule has 1 atom stereocenters. The van der Waals surface area contributed by atoms with Gasteiger partial charge in [-0.1, -0.05) is 42.0 Å². The molecule has 2 aromatic carbocycles. The van der Waals surface area contributed by atoms with Crippen LogP contribution >= 0.6 is 0 Å². The van der Waals surface area contributed by atoms with Gasteiger partial charge < -0.3 is 5.73 Å². The van der Waals surface area contributed by atoms with Crippen molar-refractivity contribution >= 4 is 5.69 Å². The summed E-state index contributed by atoms with van der Waals surface area (Å²) in [7, 11) is 0. The van der Waals surface area contributed by atoms with Crippen LogP contribution in [0.3, 0.4) is 0 Å². The molecule has 20 heavy (non-hydrogen) atoms. The lowest BCUT2D eigenvalue weighted by Gasteiger charge is -2.17. The van der Waals surface area contributed by atoms with E-state index in [1.54, 1.807) is 4.80 Å². The number of aryl methyl sites for hydroxylation is 1. The first-order valence-electron chi connectivity index (χ1n) is 6.38. The standard InChI is InChI=1S/C15H15N5/c1-11-2-4-12(5-3-11)15(20-18-10-17-19-20)13-6-8-14(16)9-7-13/h2-10,15H,16H2,1H3. The molecule has 3 rings (SSSR count). The third-order valence-corrected chi connectivity index (χ3v) is 3.24. The zero-order valence-electron chi connectivity index (χ0n) is 11.1. The van der Waals surface area contributed by atoms with Crippen LogP contribution in [0.1, 0.15) is 22.7 Å². The normalized spacial score (nSPS) is 12.2. The number of aromatic nitrogens is 4. The summed E-state index contributed by atoms with van der Waals surface area (Å²) in [6.07, 6.45) is 1.44. The average Bonchev–Trinajstić information content (AvgIpc) is 2.97. The number of nitrogens with two attached hydrogens (primary N) is 1. The molecule has 0 saturated heterocycles. The summed E-state index contributed by atoms with van der Waals surface area (Å²) in [6.45, 7) is 2.07. The molecule has 0 aliphatic carbocycles. The summed E-state index contributed by atoms with van der Waals surface area (Å²) in [5.74, 6) is 0. The van der Waals surface area contributed by atoms with Crippen LogP contribution in [0, 0.1) is 6.92 Å². The van der Waals surface area contributed by atoms with Crippen LogP contribution in [0.4, 0.5) is 5.69 Å². The second kappa shape index (κ2) is 5.13. The molecule has 5 nitrogen and oxygen atoms in total. The Balaban J connectivity index is 2.09. The summed E-state index contributed by atoms with van der Waals surface area (Å²) in [5, 5.41) is 12.0. The summed E-state index contributed by atoms with van der Waals surface area (Å²) < 4.78 is 0. The Hall–Kier alpha value is -2.69. The van der Waals surface area contributed by atoms with Crippen LogP contribution in [0.2, 0.25) is 0 Å². The fourth-order valence-corrected chi connectivity index (χ4v) is 2.18. The van der Waals surface area contributed by atoms with E-state index in [1.165, 1.54) is 11.9 Å². The van der Waals surface area contributed by atoms with Gasteiger partial charge in [-0.05, 0) is 35.4 Å². The van der Waals surface area contributed by atoms with Crippen LogP contribution in [-0.4, -0.2) is 20.2 Å². The zero-order chi connectivity index (χ0) is 13.9. The van der Waals surface area contributed by atoms with E-state index in [9.17, 15) is 0 Å². The van der Waals surface area contributed by atoms with Crippen LogP contribution < -0.4 is 5.73 Å². The minimum absolute atomic E-state index is 0.0984. The Bertz CT molecular complexity index is 626. The number of nitrogen functional groups attached to an aromatic ring is 1. The van der Waals surface area contributed by atoms with E-state index in [0.29, 0.717) is 0 Å². The van der Waals surface area contributed by atoms with Crippen molar-refractivity contribution in [2.45, 2.75) is 13.0 Å². The van der Waals surface area contributed by atoms with Crippen molar-refractivity contribution in [1.29, 1.82) is 0 Å². The minimum atomic E-state index is -0.0984. The summed E-state index contributed by atoms with van der Waals surface area (Å²) in [6, 6.07) is 16.0. The van der Waals surface area contributed by atoms with Crippen molar-refractivity contribution in [3.63, 3.8) is 0 Å². The molecule has 0 saturated carbocycles. The van der Waals surface area contributed by atoms with E-state index in [-0.39, 0.29) is 6.04 Å². The highest BCUT2D eigenvalue weighted by Gasteiger charge is 2.18. The number of hydrogen-bond acceptors (Lipinski definition) is 4. The summed E-state index contributed by atoms with van der Waals surface area (Å²) in [4.78, 5) is 1.61. The lowest BCUT2D eigenvalue weighted by atomic mass is 9.98. The van der Waals surface area contributed by atoms with Gasteiger partial charge in [0.05, 0.1) is 0 Å². The van der Waals surface area contributed by atoms with E-state index in [2.05, 4.69) is 46.6 Å². The lowest BCUT2D eigenvalue weighted by molar-refractivity contribution is 0.504. The molecule has 0 fully saturated rings. The minimum Gasteiger partial charge on any atom is -0.399 e. The maximum atomic E-state index is 5.75. The highest BCUT2D eigenvalue weighted by Crippen LogP contribution is 2.25. The molecule has 0 spiro atoms. The van der Waals surface area contributed by atoms with Gasteiger partial charge in [0.15, 0.2) is 6.33 Å². The first-order valence-corrected chi connectivity index (χ1v) is 6.38. The molecular weight excluding hydrogens is 250 g/mol. The fourth-order valence-electron chi connectivity index (χ4n) is 2.18. The molecule has 2 N–H and O–H groups in total. The Morgan fingerprint density at radius 2 is 1.55 bits per heavy atom. The third kappa shape index (κ3) is 2.38. The first-order chi connectivity index (χ1) is 9.74. The maximum absolute atomic E-state index is 5.75. The van der Waals surface area contributed by atoms with Gasteiger partial charge in [0.2, 0.25) is 0 Å². The van der Waals surface area contributed by atoms with Gasteiger partial charge in [-0.2, -0.15) is 4.80 Å². The van der Waals surface area contributed by atoms with Crippen LogP contribution in [0.25, 0.3) is 0 Å². The van der Waals surface area contributed by atoms with Crippen molar-refractivity contribution in [1.82, 2.24) is 20.2 Å². The third-order valence-electron chi connectivity index (χ3n) is 3.24. The molecule has 3 aromatic rings. The van der Waals surface area contributed by atoms with Gasteiger partial charge >= 0.3 is 0 Å². The van der Waals surface area contributed by atoms with Gasteiger partial charge in [-0.25, -0.2) is 0 Å².